The fraction of sp³-hybridized carbons (Fsp3) is 0.900. The molecule has 1 aliphatic rings. The van der Waals surface area contributed by atoms with Crippen molar-refractivity contribution < 1.29 is 9.53 Å². The molecule has 0 aliphatic carbocycles. The van der Waals surface area contributed by atoms with Gasteiger partial charge in [0.25, 0.3) is 0 Å². The van der Waals surface area contributed by atoms with Gasteiger partial charge in [0.2, 0.25) is 5.91 Å². The number of ether oxygens (including phenoxy) is 1. The molecule has 4 heteroatoms. The van der Waals surface area contributed by atoms with Crippen LogP contribution in [0.4, 0.5) is 0 Å². The van der Waals surface area contributed by atoms with Crippen LogP contribution in [0.15, 0.2) is 0 Å². The lowest BCUT2D eigenvalue weighted by Gasteiger charge is -2.28. The predicted molar refractivity (Wildman–Crippen MR) is 55.1 cm³/mol. The summed E-state index contributed by atoms with van der Waals surface area (Å²) in [7, 11) is 1.65. The van der Waals surface area contributed by atoms with E-state index in [1.54, 1.807) is 7.05 Å². The molecular formula is C10H20N2O2. The minimum atomic E-state index is -0.161. The molecule has 82 valence electrons. The number of amides is 1. The summed E-state index contributed by atoms with van der Waals surface area (Å²) >= 11 is 0. The van der Waals surface area contributed by atoms with E-state index >= 15 is 0 Å². The van der Waals surface area contributed by atoms with Gasteiger partial charge in [0, 0.05) is 18.5 Å². The zero-order valence-electron chi connectivity index (χ0n) is 9.39. The normalized spacial score (nSPS) is 27.3. The zero-order valence-corrected chi connectivity index (χ0v) is 9.39. The Bertz CT molecular complexity index is 216. The molecule has 14 heavy (non-hydrogen) atoms. The van der Waals surface area contributed by atoms with Crippen LogP contribution in [-0.2, 0) is 9.53 Å². The lowest BCUT2D eigenvalue weighted by molar-refractivity contribution is -0.122. The van der Waals surface area contributed by atoms with Gasteiger partial charge in [0.15, 0.2) is 0 Å². The van der Waals surface area contributed by atoms with Crippen LogP contribution in [0, 0.1) is 5.41 Å². The van der Waals surface area contributed by atoms with Gasteiger partial charge in [-0.3, -0.25) is 4.79 Å². The molecule has 2 unspecified atom stereocenters. The summed E-state index contributed by atoms with van der Waals surface area (Å²) in [6, 6.07) is 0.0979. The number of hydrogen-bond acceptors (Lipinski definition) is 3. The highest BCUT2D eigenvalue weighted by molar-refractivity contribution is 5.80. The average molecular weight is 200 g/mol. The first kappa shape index (κ1) is 11.5. The molecule has 0 radical (unpaired) electrons. The van der Waals surface area contributed by atoms with E-state index in [1.165, 1.54) is 0 Å². The minimum Gasteiger partial charge on any atom is -0.379 e. The van der Waals surface area contributed by atoms with Crippen LogP contribution in [0.25, 0.3) is 0 Å². The second kappa shape index (κ2) is 4.28. The maximum Gasteiger partial charge on any atom is 0.236 e. The van der Waals surface area contributed by atoms with Crippen LogP contribution in [0.3, 0.4) is 0 Å². The molecule has 0 aromatic carbocycles. The summed E-state index contributed by atoms with van der Waals surface area (Å²) in [6.45, 7) is 7.61. The van der Waals surface area contributed by atoms with Crippen molar-refractivity contribution in [1.82, 2.24) is 10.6 Å². The molecule has 4 nitrogen and oxygen atoms in total. The topological polar surface area (TPSA) is 50.4 Å². The molecule has 1 rings (SSSR count). The molecular weight excluding hydrogens is 180 g/mol. The van der Waals surface area contributed by atoms with E-state index in [1.807, 2.05) is 6.92 Å². The highest BCUT2D eigenvalue weighted by atomic mass is 16.5. The van der Waals surface area contributed by atoms with Gasteiger partial charge in [0.05, 0.1) is 19.3 Å². The standard InChI is InChI=1S/C10H20N2O2/c1-7(9(13)11-4)12-8-5-14-6-10(8,2)3/h7-8,12H,5-6H2,1-4H3,(H,11,13). The Morgan fingerprint density at radius 1 is 1.57 bits per heavy atom. The van der Waals surface area contributed by atoms with Gasteiger partial charge in [-0.2, -0.15) is 0 Å². The Kier molecular flexibility index (Phi) is 3.50. The highest BCUT2D eigenvalue weighted by Crippen LogP contribution is 2.27. The molecule has 1 heterocycles. The largest absolute Gasteiger partial charge is 0.379 e. The van der Waals surface area contributed by atoms with Crippen molar-refractivity contribution in [2.75, 3.05) is 20.3 Å². The fourth-order valence-electron chi connectivity index (χ4n) is 1.63. The molecule has 0 saturated carbocycles. The molecule has 0 aromatic heterocycles. The third-order valence-electron chi connectivity index (χ3n) is 2.79. The molecule has 0 bridgehead atoms. The van der Waals surface area contributed by atoms with Crippen molar-refractivity contribution in [3.8, 4) is 0 Å². The summed E-state index contributed by atoms with van der Waals surface area (Å²) in [4.78, 5) is 11.3. The molecule has 0 aromatic rings. The van der Waals surface area contributed by atoms with E-state index in [0.29, 0.717) is 6.61 Å². The van der Waals surface area contributed by atoms with Gasteiger partial charge < -0.3 is 15.4 Å². The number of carbonyl (C=O) groups excluding carboxylic acids is 1. The summed E-state index contributed by atoms with van der Waals surface area (Å²) in [5, 5.41) is 5.91. The van der Waals surface area contributed by atoms with Crippen LogP contribution in [0.5, 0.6) is 0 Å². The maximum atomic E-state index is 11.3. The first-order chi connectivity index (χ1) is 6.47. The monoisotopic (exact) mass is 200 g/mol. The smallest absolute Gasteiger partial charge is 0.236 e. The van der Waals surface area contributed by atoms with Crippen LogP contribution >= 0.6 is 0 Å². The average Bonchev–Trinajstić information content (AvgIpc) is 2.44. The van der Waals surface area contributed by atoms with E-state index in [0.717, 1.165) is 6.61 Å². The Hall–Kier alpha value is -0.610. The minimum absolute atomic E-state index is 0.0210. The van der Waals surface area contributed by atoms with Crippen LogP contribution in [0.1, 0.15) is 20.8 Å². The molecule has 1 aliphatic heterocycles. The third-order valence-corrected chi connectivity index (χ3v) is 2.79. The summed E-state index contributed by atoms with van der Waals surface area (Å²) in [6.07, 6.45) is 0. The van der Waals surface area contributed by atoms with Crippen LogP contribution in [0.2, 0.25) is 0 Å². The number of likely N-dealkylation sites (N-methyl/N-ethyl adjacent to an activating group) is 1. The summed E-state index contributed by atoms with van der Waals surface area (Å²) < 4.78 is 5.39. The first-order valence-corrected chi connectivity index (χ1v) is 5.03. The second-order valence-corrected chi connectivity index (χ2v) is 4.56. The number of rotatable bonds is 3. The van der Waals surface area contributed by atoms with Crippen molar-refractivity contribution >= 4 is 5.91 Å². The number of hydrogen-bond donors (Lipinski definition) is 2. The Morgan fingerprint density at radius 2 is 2.21 bits per heavy atom. The van der Waals surface area contributed by atoms with Crippen molar-refractivity contribution in [3.63, 3.8) is 0 Å². The SMILES string of the molecule is CNC(=O)C(C)NC1COCC1(C)C. The Morgan fingerprint density at radius 3 is 2.64 bits per heavy atom. The van der Waals surface area contributed by atoms with E-state index in [9.17, 15) is 4.79 Å². The van der Waals surface area contributed by atoms with Gasteiger partial charge in [0.1, 0.15) is 0 Å². The van der Waals surface area contributed by atoms with E-state index in [2.05, 4.69) is 24.5 Å². The molecule has 2 N–H and O–H groups in total. The van der Waals surface area contributed by atoms with E-state index < -0.39 is 0 Å². The van der Waals surface area contributed by atoms with Crippen molar-refractivity contribution in [1.29, 1.82) is 0 Å². The molecule has 1 amide bonds. The molecule has 2 atom stereocenters. The maximum absolute atomic E-state index is 11.3. The molecule has 1 saturated heterocycles. The third kappa shape index (κ3) is 2.45. The van der Waals surface area contributed by atoms with Crippen molar-refractivity contribution in [3.05, 3.63) is 0 Å². The number of nitrogens with one attached hydrogen (secondary N) is 2. The highest BCUT2D eigenvalue weighted by Gasteiger charge is 2.36. The molecule has 1 fully saturated rings. The van der Waals surface area contributed by atoms with Gasteiger partial charge in [-0.1, -0.05) is 13.8 Å². The lowest BCUT2D eigenvalue weighted by Crippen LogP contribution is -2.50. The second-order valence-electron chi connectivity index (χ2n) is 4.56. The predicted octanol–water partition coefficient (Wildman–Crippen LogP) is 0.135. The fourth-order valence-corrected chi connectivity index (χ4v) is 1.63. The van der Waals surface area contributed by atoms with Crippen LogP contribution < -0.4 is 10.6 Å². The van der Waals surface area contributed by atoms with Gasteiger partial charge in [-0.25, -0.2) is 0 Å². The first-order valence-electron chi connectivity index (χ1n) is 5.03. The zero-order chi connectivity index (χ0) is 10.8. The van der Waals surface area contributed by atoms with Crippen molar-refractivity contribution in [2.45, 2.75) is 32.9 Å². The van der Waals surface area contributed by atoms with Crippen molar-refractivity contribution in [2.24, 2.45) is 5.41 Å². The van der Waals surface area contributed by atoms with Crippen LogP contribution in [-0.4, -0.2) is 38.3 Å². The lowest BCUT2D eigenvalue weighted by atomic mass is 9.87. The van der Waals surface area contributed by atoms with E-state index in [4.69, 9.17) is 4.74 Å². The Balaban J connectivity index is 2.48. The Labute approximate surface area is 85.4 Å². The summed E-state index contributed by atoms with van der Waals surface area (Å²) in [5.41, 5.74) is 0.113. The van der Waals surface area contributed by atoms with Gasteiger partial charge in [-0.15, -0.1) is 0 Å². The quantitative estimate of drug-likeness (QED) is 0.681. The molecule has 0 spiro atoms. The van der Waals surface area contributed by atoms with Gasteiger partial charge >= 0.3 is 0 Å². The summed E-state index contributed by atoms with van der Waals surface area (Å²) in [5.74, 6) is 0.0210. The number of carbonyl (C=O) groups is 1. The van der Waals surface area contributed by atoms with Gasteiger partial charge in [-0.05, 0) is 6.92 Å². The van der Waals surface area contributed by atoms with E-state index in [-0.39, 0.29) is 23.4 Å².